The Labute approximate surface area is 108 Å². The number of carboxylic acids is 1. The highest BCUT2D eigenvalue weighted by atomic mass is 16.4. The van der Waals surface area contributed by atoms with E-state index in [4.69, 9.17) is 9.52 Å². The zero-order valence-electron chi connectivity index (χ0n) is 10.3. The SMILES string of the molecule is CCc1nc(NCc2ccc(C(=O)O)o2)cc(=O)[nH]1. The van der Waals surface area contributed by atoms with E-state index in [0.29, 0.717) is 23.8 Å². The summed E-state index contributed by atoms with van der Waals surface area (Å²) >= 11 is 0. The van der Waals surface area contributed by atoms with Crippen LogP contribution in [0.25, 0.3) is 0 Å². The highest BCUT2D eigenvalue weighted by Gasteiger charge is 2.09. The molecule has 0 bridgehead atoms. The summed E-state index contributed by atoms with van der Waals surface area (Å²) < 4.78 is 5.08. The van der Waals surface area contributed by atoms with Crippen LogP contribution in [0.2, 0.25) is 0 Å². The quantitative estimate of drug-likeness (QED) is 0.748. The van der Waals surface area contributed by atoms with Gasteiger partial charge in [0, 0.05) is 12.5 Å². The largest absolute Gasteiger partial charge is 0.475 e. The van der Waals surface area contributed by atoms with Crippen molar-refractivity contribution in [2.75, 3.05) is 5.32 Å². The van der Waals surface area contributed by atoms with Gasteiger partial charge in [0.15, 0.2) is 0 Å². The van der Waals surface area contributed by atoms with Crippen molar-refractivity contribution >= 4 is 11.8 Å². The third-order valence-electron chi connectivity index (χ3n) is 2.44. The van der Waals surface area contributed by atoms with Gasteiger partial charge in [0.2, 0.25) is 5.76 Å². The van der Waals surface area contributed by atoms with E-state index in [1.165, 1.54) is 12.1 Å². The van der Waals surface area contributed by atoms with Crippen LogP contribution in [-0.4, -0.2) is 21.0 Å². The molecule has 0 aromatic carbocycles. The lowest BCUT2D eigenvalue weighted by Gasteiger charge is -2.04. The van der Waals surface area contributed by atoms with Gasteiger partial charge in [-0.3, -0.25) is 4.79 Å². The van der Waals surface area contributed by atoms with Gasteiger partial charge < -0.3 is 19.8 Å². The maximum atomic E-state index is 11.3. The molecule has 2 aromatic heterocycles. The maximum absolute atomic E-state index is 11.3. The fourth-order valence-corrected chi connectivity index (χ4v) is 1.53. The standard InChI is InChI=1S/C12H13N3O4/c1-2-9-14-10(5-11(16)15-9)13-6-7-3-4-8(19-7)12(17)18/h3-5H,2,6H2,1H3,(H,17,18)(H2,13,14,15,16). The Balaban J connectivity index is 2.07. The molecular weight excluding hydrogens is 250 g/mol. The first-order valence-corrected chi connectivity index (χ1v) is 5.74. The highest BCUT2D eigenvalue weighted by molar-refractivity contribution is 5.84. The lowest BCUT2D eigenvalue weighted by molar-refractivity contribution is 0.0660. The van der Waals surface area contributed by atoms with Crippen LogP contribution in [0, 0.1) is 0 Å². The molecule has 3 N–H and O–H groups in total. The summed E-state index contributed by atoms with van der Waals surface area (Å²) in [4.78, 5) is 28.8. The molecule has 19 heavy (non-hydrogen) atoms. The topological polar surface area (TPSA) is 108 Å². The fourth-order valence-electron chi connectivity index (χ4n) is 1.53. The molecule has 0 radical (unpaired) electrons. The van der Waals surface area contributed by atoms with Crippen molar-refractivity contribution in [1.82, 2.24) is 9.97 Å². The average molecular weight is 263 g/mol. The Morgan fingerprint density at radius 1 is 1.53 bits per heavy atom. The van der Waals surface area contributed by atoms with Crippen molar-refractivity contribution < 1.29 is 14.3 Å². The van der Waals surface area contributed by atoms with Gasteiger partial charge in [0.25, 0.3) is 5.56 Å². The van der Waals surface area contributed by atoms with Crippen molar-refractivity contribution in [3.05, 3.63) is 45.9 Å². The Kier molecular flexibility index (Phi) is 3.65. The smallest absolute Gasteiger partial charge is 0.371 e. The Morgan fingerprint density at radius 2 is 2.32 bits per heavy atom. The number of H-pyrrole nitrogens is 1. The summed E-state index contributed by atoms with van der Waals surface area (Å²) in [6.07, 6.45) is 0.620. The summed E-state index contributed by atoms with van der Waals surface area (Å²) in [6, 6.07) is 4.27. The van der Waals surface area contributed by atoms with Crippen LogP contribution in [0.4, 0.5) is 5.82 Å². The van der Waals surface area contributed by atoms with Crippen molar-refractivity contribution in [2.24, 2.45) is 0 Å². The number of hydrogen-bond acceptors (Lipinski definition) is 5. The van der Waals surface area contributed by atoms with Crippen LogP contribution in [0.3, 0.4) is 0 Å². The third kappa shape index (κ3) is 3.21. The molecule has 0 aliphatic heterocycles. The van der Waals surface area contributed by atoms with E-state index in [1.54, 1.807) is 6.07 Å². The summed E-state index contributed by atoms with van der Waals surface area (Å²) in [6.45, 7) is 2.14. The number of hydrogen-bond donors (Lipinski definition) is 3. The number of aryl methyl sites for hydroxylation is 1. The maximum Gasteiger partial charge on any atom is 0.371 e. The fraction of sp³-hybridized carbons (Fsp3) is 0.250. The van der Waals surface area contributed by atoms with E-state index in [-0.39, 0.29) is 17.9 Å². The summed E-state index contributed by atoms with van der Waals surface area (Å²) in [7, 11) is 0. The molecule has 2 rings (SSSR count). The molecule has 2 heterocycles. The van der Waals surface area contributed by atoms with E-state index >= 15 is 0 Å². The summed E-state index contributed by atoms with van der Waals surface area (Å²) in [5, 5.41) is 11.6. The number of rotatable bonds is 5. The molecule has 7 nitrogen and oxygen atoms in total. The average Bonchev–Trinajstić information content (AvgIpc) is 2.84. The van der Waals surface area contributed by atoms with Crippen LogP contribution in [0.5, 0.6) is 0 Å². The van der Waals surface area contributed by atoms with Gasteiger partial charge in [-0.25, -0.2) is 9.78 Å². The van der Waals surface area contributed by atoms with Gasteiger partial charge in [0.05, 0.1) is 6.54 Å². The number of anilines is 1. The number of carbonyl (C=O) groups is 1. The van der Waals surface area contributed by atoms with E-state index < -0.39 is 5.97 Å². The van der Waals surface area contributed by atoms with Crippen LogP contribution >= 0.6 is 0 Å². The van der Waals surface area contributed by atoms with E-state index in [1.807, 2.05) is 6.92 Å². The number of furan rings is 1. The lowest BCUT2D eigenvalue weighted by atomic mass is 10.4. The number of nitrogens with one attached hydrogen (secondary N) is 2. The zero-order chi connectivity index (χ0) is 13.8. The van der Waals surface area contributed by atoms with Crippen molar-refractivity contribution in [3.63, 3.8) is 0 Å². The normalized spacial score (nSPS) is 10.4. The van der Waals surface area contributed by atoms with Crippen molar-refractivity contribution in [1.29, 1.82) is 0 Å². The lowest BCUT2D eigenvalue weighted by Crippen LogP contribution is -2.13. The minimum absolute atomic E-state index is 0.120. The number of carboxylic acid groups (broad SMARTS) is 1. The zero-order valence-corrected chi connectivity index (χ0v) is 10.3. The predicted octanol–water partition coefficient (Wildman–Crippen LogP) is 1.24. The first-order chi connectivity index (χ1) is 9.08. The summed E-state index contributed by atoms with van der Waals surface area (Å²) in [5.74, 6) is 0.228. The van der Waals surface area contributed by atoms with Gasteiger partial charge in [-0.05, 0) is 12.1 Å². The molecule has 0 unspecified atom stereocenters. The number of aromatic amines is 1. The van der Waals surface area contributed by atoms with Crippen LogP contribution in [0.15, 0.2) is 27.4 Å². The molecule has 0 aliphatic carbocycles. The number of nitrogens with zero attached hydrogens (tertiary/aromatic N) is 1. The minimum atomic E-state index is -1.12. The molecule has 0 saturated carbocycles. The number of aromatic nitrogens is 2. The van der Waals surface area contributed by atoms with Gasteiger partial charge >= 0.3 is 5.97 Å². The first kappa shape index (κ1) is 12.9. The Bertz CT molecular complexity index is 644. The van der Waals surface area contributed by atoms with E-state index in [2.05, 4.69) is 15.3 Å². The second-order valence-corrected chi connectivity index (χ2v) is 3.86. The highest BCUT2D eigenvalue weighted by Crippen LogP contribution is 2.10. The minimum Gasteiger partial charge on any atom is -0.475 e. The Morgan fingerprint density at radius 3 is 2.95 bits per heavy atom. The molecule has 0 fully saturated rings. The molecular formula is C12H13N3O4. The third-order valence-corrected chi connectivity index (χ3v) is 2.44. The van der Waals surface area contributed by atoms with Gasteiger partial charge in [-0.2, -0.15) is 0 Å². The van der Waals surface area contributed by atoms with Crippen LogP contribution < -0.4 is 10.9 Å². The summed E-state index contributed by atoms with van der Waals surface area (Å²) in [5.41, 5.74) is -0.236. The van der Waals surface area contributed by atoms with Gasteiger partial charge in [0.1, 0.15) is 17.4 Å². The molecule has 0 saturated heterocycles. The molecule has 2 aromatic rings. The van der Waals surface area contributed by atoms with Gasteiger partial charge in [-0.1, -0.05) is 6.92 Å². The van der Waals surface area contributed by atoms with Crippen LogP contribution in [-0.2, 0) is 13.0 Å². The van der Waals surface area contributed by atoms with E-state index in [0.717, 1.165) is 0 Å². The van der Waals surface area contributed by atoms with Crippen LogP contribution in [0.1, 0.15) is 29.1 Å². The van der Waals surface area contributed by atoms with E-state index in [9.17, 15) is 9.59 Å². The molecule has 0 aliphatic rings. The molecule has 7 heteroatoms. The second kappa shape index (κ2) is 5.38. The first-order valence-electron chi connectivity index (χ1n) is 5.74. The predicted molar refractivity (Wildman–Crippen MR) is 67.2 cm³/mol. The number of aromatic carboxylic acids is 1. The Hall–Kier alpha value is -2.57. The molecule has 0 amide bonds. The monoisotopic (exact) mass is 263 g/mol. The van der Waals surface area contributed by atoms with Crippen molar-refractivity contribution in [2.45, 2.75) is 19.9 Å². The molecule has 0 atom stereocenters. The second-order valence-electron chi connectivity index (χ2n) is 3.86. The van der Waals surface area contributed by atoms with Gasteiger partial charge in [-0.15, -0.1) is 0 Å². The molecule has 100 valence electrons. The molecule has 0 spiro atoms. The van der Waals surface area contributed by atoms with Crippen molar-refractivity contribution in [3.8, 4) is 0 Å².